The first-order valence-corrected chi connectivity index (χ1v) is 7.51. The maximum absolute atomic E-state index is 5.93. The second-order valence-corrected chi connectivity index (χ2v) is 6.42. The van der Waals surface area contributed by atoms with Crippen LogP contribution in [0.3, 0.4) is 0 Å². The summed E-state index contributed by atoms with van der Waals surface area (Å²) in [6, 6.07) is 2.08. The van der Waals surface area contributed by atoms with Gasteiger partial charge in [-0.1, -0.05) is 19.0 Å². The summed E-state index contributed by atoms with van der Waals surface area (Å²) in [6.45, 7) is 10.8. The first-order valence-electron chi connectivity index (χ1n) is 7.51. The largest absolute Gasteiger partial charge is 0.487 e. The minimum absolute atomic E-state index is 0.311. The maximum Gasteiger partial charge on any atom is 0.487 e. The van der Waals surface area contributed by atoms with E-state index in [0.717, 1.165) is 23.2 Å². The molecule has 1 aromatic heterocycles. The lowest BCUT2D eigenvalue weighted by atomic mass is 9.89. The van der Waals surface area contributed by atoms with E-state index in [4.69, 9.17) is 15.0 Å². The van der Waals surface area contributed by atoms with Crippen LogP contribution in [0.4, 0.5) is 0 Å². The highest BCUT2D eigenvalue weighted by Gasteiger charge is 2.49. The van der Waals surface area contributed by atoms with Crippen LogP contribution in [0.15, 0.2) is 18.2 Å². The van der Waals surface area contributed by atoms with E-state index in [1.54, 1.807) is 0 Å². The van der Waals surface area contributed by atoms with Gasteiger partial charge in [-0.3, -0.25) is 4.98 Å². The van der Waals surface area contributed by atoms with Gasteiger partial charge in [0.15, 0.2) is 0 Å². The Morgan fingerprint density at radius 3 is 2.38 bits per heavy atom. The number of hydrogen-bond acceptors (Lipinski definition) is 4. The molecule has 0 unspecified atom stereocenters. The molecule has 0 atom stereocenters. The Bertz CT molecular complexity index is 525. The van der Waals surface area contributed by atoms with Gasteiger partial charge in [-0.2, -0.15) is 0 Å². The lowest BCUT2D eigenvalue weighted by molar-refractivity contribution is 0.00578. The van der Waals surface area contributed by atoms with Crippen LogP contribution < -0.4 is 5.73 Å². The molecule has 1 aliphatic heterocycles. The van der Waals surface area contributed by atoms with Crippen molar-refractivity contribution in [3.63, 3.8) is 0 Å². The molecule has 0 aliphatic carbocycles. The van der Waals surface area contributed by atoms with E-state index in [0.29, 0.717) is 6.54 Å². The van der Waals surface area contributed by atoms with Gasteiger partial charge in [0.05, 0.1) is 11.2 Å². The highest BCUT2D eigenvalue weighted by atomic mass is 16.7. The molecule has 2 rings (SSSR count). The zero-order valence-corrected chi connectivity index (χ0v) is 13.6. The topological polar surface area (TPSA) is 57.4 Å². The average molecular weight is 288 g/mol. The van der Waals surface area contributed by atoms with Crippen LogP contribution in [-0.4, -0.2) is 23.3 Å². The molecule has 21 heavy (non-hydrogen) atoms. The van der Waals surface area contributed by atoms with Crippen LogP contribution in [0.1, 0.15) is 51.4 Å². The Morgan fingerprint density at radius 2 is 1.86 bits per heavy atom. The van der Waals surface area contributed by atoms with Gasteiger partial charge < -0.3 is 15.0 Å². The molecule has 1 aromatic rings. The van der Waals surface area contributed by atoms with Crippen LogP contribution in [0.25, 0.3) is 6.08 Å². The number of aryl methyl sites for hydroxylation is 1. The summed E-state index contributed by atoms with van der Waals surface area (Å²) in [5.74, 6) is 1.93. The molecule has 0 bridgehead atoms. The molecule has 114 valence electrons. The molecule has 2 heterocycles. The Balaban J connectivity index is 2.12. The van der Waals surface area contributed by atoms with Gasteiger partial charge in [-0.25, -0.2) is 0 Å². The van der Waals surface area contributed by atoms with E-state index in [-0.39, 0.29) is 18.3 Å². The Hall–Kier alpha value is -1.17. The van der Waals surface area contributed by atoms with Crippen molar-refractivity contribution in [3.8, 4) is 0 Å². The molecule has 0 saturated carbocycles. The molecule has 0 amide bonds. The Morgan fingerprint density at radius 1 is 1.24 bits per heavy atom. The Labute approximate surface area is 127 Å². The van der Waals surface area contributed by atoms with Gasteiger partial charge in [0.25, 0.3) is 0 Å². The van der Waals surface area contributed by atoms with E-state index in [1.165, 1.54) is 0 Å². The van der Waals surface area contributed by atoms with Crippen molar-refractivity contribution in [2.75, 3.05) is 0 Å². The molecular formula is C16H25BN2O2. The molecule has 2 N–H and O–H groups in total. The summed E-state index contributed by atoms with van der Waals surface area (Å²) in [5.41, 5.74) is 8.32. The van der Waals surface area contributed by atoms with Gasteiger partial charge in [-0.05, 0) is 51.3 Å². The normalized spacial score (nSPS) is 20.4. The molecule has 1 saturated heterocycles. The smallest absolute Gasteiger partial charge is 0.400 e. The molecule has 1 fully saturated rings. The van der Waals surface area contributed by atoms with Gasteiger partial charge in [0, 0.05) is 18.4 Å². The summed E-state index contributed by atoms with van der Waals surface area (Å²) in [4.78, 5) is 4.46. The number of nitrogens with two attached hydrogens (primary N) is 1. The maximum atomic E-state index is 5.93. The van der Waals surface area contributed by atoms with Crippen LogP contribution in [0, 0.1) is 0 Å². The fraction of sp³-hybridized carbons (Fsp3) is 0.562. The molecular weight excluding hydrogens is 263 g/mol. The Kier molecular flexibility index (Phi) is 4.56. The van der Waals surface area contributed by atoms with Crippen LogP contribution in [0.5, 0.6) is 0 Å². The fourth-order valence-corrected chi connectivity index (χ4v) is 2.30. The summed E-state index contributed by atoms with van der Waals surface area (Å²) in [6.07, 6.45) is 4.74. The van der Waals surface area contributed by atoms with Crippen LogP contribution in [-0.2, 0) is 22.3 Å². The number of aromatic nitrogens is 1. The van der Waals surface area contributed by atoms with Crippen molar-refractivity contribution in [2.45, 2.75) is 58.8 Å². The monoisotopic (exact) mass is 288 g/mol. The van der Waals surface area contributed by atoms with Gasteiger partial charge in [0.1, 0.15) is 0 Å². The van der Waals surface area contributed by atoms with Gasteiger partial charge in [0.2, 0.25) is 0 Å². The van der Waals surface area contributed by atoms with E-state index >= 15 is 0 Å². The van der Waals surface area contributed by atoms with Crippen LogP contribution in [0.2, 0.25) is 0 Å². The number of rotatable bonds is 4. The van der Waals surface area contributed by atoms with E-state index in [9.17, 15) is 0 Å². The van der Waals surface area contributed by atoms with Gasteiger partial charge >= 0.3 is 7.12 Å². The van der Waals surface area contributed by atoms with E-state index in [1.807, 2.05) is 45.9 Å². The van der Waals surface area contributed by atoms with Crippen molar-refractivity contribution in [1.29, 1.82) is 0 Å². The lowest BCUT2D eigenvalue weighted by Crippen LogP contribution is -2.41. The third kappa shape index (κ3) is 3.36. The SMILES string of the molecule is CCc1ncc(/C=C/B2OC(C)(C)C(C)(C)O2)cc1CN. The summed E-state index contributed by atoms with van der Waals surface area (Å²) >= 11 is 0. The molecule has 0 spiro atoms. The quantitative estimate of drug-likeness (QED) is 0.865. The lowest BCUT2D eigenvalue weighted by Gasteiger charge is -2.32. The first-order chi connectivity index (χ1) is 9.79. The molecule has 1 aliphatic rings. The fourth-order valence-electron chi connectivity index (χ4n) is 2.30. The molecule has 0 aromatic carbocycles. The first kappa shape index (κ1) is 16.2. The minimum atomic E-state index is -0.331. The number of pyridine rings is 1. The minimum Gasteiger partial charge on any atom is -0.400 e. The van der Waals surface area contributed by atoms with Crippen molar-refractivity contribution >= 4 is 13.2 Å². The molecule has 4 nitrogen and oxygen atoms in total. The highest BCUT2D eigenvalue weighted by Crippen LogP contribution is 2.37. The zero-order chi connectivity index (χ0) is 15.7. The second kappa shape index (κ2) is 5.91. The third-order valence-electron chi connectivity index (χ3n) is 4.35. The van der Waals surface area contributed by atoms with E-state index < -0.39 is 0 Å². The summed E-state index contributed by atoms with van der Waals surface area (Å²) < 4.78 is 11.9. The molecule has 0 radical (unpaired) electrons. The third-order valence-corrected chi connectivity index (χ3v) is 4.35. The molecule has 5 heteroatoms. The van der Waals surface area contributed by atoms with Crippen molar-refractivity contribution in [1.82, 2.24) is 4.98 Å². The summed E-state index contributed by atoms with van der Waals surface area (Å²) in [5, 5.41) is 0. The van der Waals surface area contributed by atoms with Crippen molar-refractivity contribution in [2.24, 2.45) is 5.73 Å². The van der Waals surface area contributed by atoms with Crippen LogP contribution >= 0.6 is 0 Å². The zero-order valence-electron chi connectivity index (χ0n) is 13.6. The highest BCUT2D eigenvalue weighted by molar-refractivity contribution is 6.52. The average Bonchev–Trinajstić information content (AvgIpc) is 2.64. The summed E-state index contributed by atoms with van der Waals surface area (Å²) in [7, 11) is -0.331. The van der Waals surface area contributed by atoms with Crippen molar-refractivity contribution in [3.05, 3.63) is 35.1 Å². The van der Waals surface area contributed by atoms with Gasteiger partial charge in [-0.15, -0.1) is 0 Å². The number of nitrogens with zero attached hydrogens (tertiary/aromatic N) is 1. The predicted octanol–water partition coefficient (Wildman–Crippen LogP) is 2.75. The predicted molar refractivity (Wildman–Crippen MR) is 86.6 cm³/mol. The van der Waals surface area contributed by atoms with Crippen molar-refractivity contribution < 1.29 is 9.31 Å². The van der Waals surface area contributed by atoms with E-state index in [2.05, 4.69) is 18.0 Å². The second-order valence-electron chi connectivity index (χ2n) is 6.42. The standard InChI is InChI=1S/C16H25BN2O2/c1-6-14-13(10-18)9-12(11-19-14)7-8-17-20-15(2,3)16(4,5)21-17/h7-9,11H,6,10,18H2,1-5H3/b8-7+. The number of hydrogen-bond donors (Lipinski definition) is 1.